The first-order valence-corrected chi connectivity index (χ1v) is 6.83. The fourth-order valence-corrected chi connectivity index (χ4v) is 1.94. The van der Waals surface area contributed by atoms with E-state index >= 15 is 0 Å². The highest BCUT2D eigenvalue weighted by molar-refractivity contribution is 5.81. The Hall–Kier alpha value is -2.14. The molecule has 0 aliphatic carbocycles. The Labute approximate surface area is 118 Å². The van der Waals surface area contributed by atoms with Crippen molar-refractivity contribution < 1.29 is 4.79 Å². The molecule has 0 saturated carbocycles. The van der Waals surface area contributed by atoms with E-state index in [9.17, 15) is 4.79 Å². The van der Waals surface area contributed by atoms with Crippen LogP contribution in [0.15, 0.2) is 42.7 Å². The van der Waals surface area contributed by atoms with Crippen molar-refractivity contribution in [3.05, 3.63) is 48.3 Å². The van der Waals surface area contributed by atoms with Crippen molar-refractivity contribution in [2.24, 2.45) is 5.73 Å². The second-order valence-electron chi connectivity index (χ2n) is 4.74. The van der Waals surface area contributed by atoms with Crippen molar-refractivity contribution in [2.45, 2.75) is 32.4 Å². The molecular weight excluding hydrogens is 252 g/mol. The van der Waals surface area contributed by atoms with Gasteiger partial charge in [0.05, 0.1) is 17.9 Å². The molecule has 1 heterocycles. The van der Waals surface area contributed by atoms with Crippen molar-refractivity contribution >= 4 is 5.91 Å². The van der Waals surface area contributed by atoms with Crippen molar-refractivity contribution in [3.8, 4) is 5.69 Å². The second kappa shape index (κ2) is 6.86. The third-order valence-corrected chi connectivity index (χ3v) is 3.06. The van der Waals surface area contributed by atoms with Crippen LogP contribution in [0.4, 0.5) is 0 Å². The molecule has 0 aliphatic rings. The van der Waals surface area contributed by atoms with Gasteiger partial charge in [0.1, 0.15) is 0 Å². The molecule has 0 bridgehead atoms. The minimum absolute atomic E-state index is 0.112. The van der Waals surface area contributed by atoms with Gasteiger partial charge < -0.3 is 11.1 Å². The first-order valence-electron chi connectivity index (χ1n) is 6.83. The Kier molecular flexibility index (Phi) is 4.90. The van der Waals surface area contributed by atoms with Crippen LogP contribution in [0.1, 0.15) is 25.3 Å². The van der Waals surface area contributed by atoms with Crippen molar-refractivity contribution in [1.82, 2.24) is 15.1 Å². The van der Waals surface area contributed by atoms with E-state index in [1.54, 1.807) is 10.9 Å². The molecule has 3 N–H and O–H groups in total. The van der Waals surface area contributed by atoms with Gasteiger partial charge in [-0.15, -0.1) is 0 Å². The van der Waals surface area contributed by atoms with Gasteiger partial charge >= 0.3 is 0 Å². The number of hydrogen-bond acceptors (Lipinski definition) is 3. The number of nitrogens with one attached hydrogen (secondary N) is 1. The summed E-state index contributed by atoms with van der Waals surface area (Å²) in [5.74, 6) is -0.112. The molecule has 0 fully saturated rings. The highest BCUT2D eigenvalue weighted by atomic mass is 16.2. The van der Waals surface area contributed by atoms with Crippen LogP contribution < -0.4 is 11.1 Å². The standard InChI is InChI=1S/C15H20N4O/c1-2-6-14(16)15(20)17-9-12-10-18-19(11-12)13-7-4-3-5-8-13/h3-5,7-8,10-11,14H,2,6,9,16H2,1H3,(H,17,20). The lowest BCUT2D eigenvalue weighted by atomic mass is 10.1. The van der Waals surface area contributed by atoms with Crippen LogP contribution >= 0.6 is 0 Å². The average molecular weight is 272 g/mol. The quantitative estimate of drug-likeness (QED) is 0.839. The number of hydrogen-bond donors (Lipinski definition) is 2. The van der Waals surface area contributed by atoms with Crippen LogP contribution in [-0.4, -0.2) is 21.7 Å². The largest absolute Gasteiger partial charge is 0.351 e. The van der Waals surface area contributed by atoms with E-state index in [1.807, 2.05) is 43.5 Å². The average Bonchev–Trinajstić information content (AvgIpc) is 2.95. The normalized spacial score (nSPS) is 12.1. The number of aromatic nitrogens is 2. The fourth-order valence-electron chi connectivity index (χ4n) is 1.94. The minimum Gasteiger partial charge on any atom is -0.351 e. The summed E-state index contributed by atoms with van der Waals surface area (Å²) in [5.41, 5.74) is 7.70. The van der Waals surface area contributed by atoms with Crippen molar-refractivity contribution in [3.63, 3.8) is 0 Å². The summed E-state index contributed by atoms with van der Waals surface area (Å²) >= 11 is 0. The van der Waals surface area contributed by atoms with Gasteiger partial charge in [0.25, 0.3) is 0 Å². The number of benzene rings is 1. The number of carbonyl (C=O) groups is 1. The van der Waals surface area contributed by atoms with Crippen LogP contribution in [0.2, 0.25) is 0 Å². The Bertz CT molecular complexity index is 550. The molecule has 106 valence electrons. The Morgan fingerprint density at radius 3 is 2.85 bits per heavy atom. The smallest absolute Gasteiger partial charge is 0.237 e. The summed E-state index contributed by atoms with van der Waals surface area (Å²) in [4.78, 5) is 11.7. The number of amides is 1. The fraction of sp³-hybridized carbons (Fsp3) is 0.333. The van der Waals surface area contributed by atoms with Gasteiger partial charge in [0.2, 0.25) is 5.91 Å². The third-order valence-electron chi connectivity index (χ3n) is 3.06. The summed E-state index contributed by atoms with van der Waals surface area (Å²) in [6.07, 6.45) is 5.26. The van der Waals surface area contributed by atoms with E-state index in [1.165, 1.54) is 0 Å². The summed E-state index contributed by atoms with van der Waals surface area (Å²) < 4.78 is 1.79. The molecule has 0 spiro atoms. The Morgan fingerprint density at radius 2 is 2.15 bits per heavy atom. The molecule has 1 aromatic carbocycles. The van der Waals surface area contributed by atoms with E-state index in [-0.39, 0.29) is 5.91 Å². The lowest BCUT2D eigenvalue weighted by Gasteiger charge is -2.10. The first-order chi connectivity index (χ1) is 9.70. The molecule has 1 amide bonds. The number of para-hydroxylation sites is 1. The molecular formula is C15H20N4O. The molecule has 0 radical (unpaired) electrons. The Morgan fingerprint density at radius 1 is 1.40 bits per heavy atom. The topological polar surface area (TPSA) is 72.9 Å². The van der Waals surface area contributed by atoms with Gasteiger partial charge in [0, 0.05) is 18.3 Å². The van der Waals surface area contributed by atoms with Gasteiger partial charge in [-0.05, 0) is 18.6 Å². The predicted molar refractivity (Wildman–Crippen MR) is 78.3 cm³/mol. The summed E-state index contributed by atoms with van der Waals surface area (Å²) in [5, 5.41) is 7.11. The lowest BCUT2D eigenvalue weighted by Crippen LogP contribution is -2.39. The zero-order chi connectivity index (χ0) is 14.4. The molecule has 5 nitrogen and oxygen atoms in total. The van der Waals surface area contributed by atoms with Crippen LogP contribution in [0.25, 0.3) is 5.69 Å². The molecule has 0 saturated heterocycles. The highest BCUT2D eigenvalue weighted by Crippen LogP contribution is 2.07. The van der Waals surface area contributed by atoms with Crippen molar-refractivity contribution in [2.75, 3.05) is 0 Å². The van der Waals surface area contributed by atoms with Crippen LogP contribution in [0.5, 0.6) is 0 Å². The maximum atomic E-state index is 11.7. The second-order valence-corrected chi connectivity index (χ2v) is 4.74. The van der Waals surface area contributed by atoms with E-state index in [0.717, 1.165) is 17.7 Å². The molecule has 2 aromatic rings. The van der Waals surface area contributed by atoms with Gasteiger partial charge in [0.15, 0.2) is 0 Å². The molecule has 20 heavy (non-hydrogen) atoms. The number of nitrogens with zero attached hydrogens (tertiary/aromatic N) is 2. The summed E-state index contributed by atoms with van der Waals surface area (Å²) in [6.45, 7) is 2.46. The van der Waals surface area contributed by atoms with E-state index in [0.29, 0.717) is 13.0 Å². The lowest BCUT2D eigenvalue weighted by molar-refractivity contribution is -0.122. The molecule has 1 unspecified atom stereocenters. The monoisotopic (exact) mass is 272 g/mol. The van der Waals surface area contributed by atoms with Crippen LogP contribution in [0, 0.1) is 0 Å². The molecule has 0 aliphatic heterocycles. The third kappa shape index (κ3) is 3.68. The maximum Gasteiger partial charge on any atom is 0.237 e. The summed E-state index contributed by atoms with van der Waals surface area (Å²) in [6, 6.07) is 9.41. The minimum atomic E-state index is -0.427. The van der Waals surface area contributed by atoms with Crippen molar-refractivity contribution in [1.29, 1.82) is 0 Å². The molecule has 1 aromatic heterocycles. The highest BCUT2D eigenvalue weighted by Gasteiger charge is 2.11. The zero-order valence-corrected chi connectivity index (χ0v) is 11.6. The maximum absolute atomic E-state index is 11.7. The summed E-state index contributed by atoms with van der Waals surface area (Å²) in [7, 11) is 0. The number of rotatable bonds is 6. The SMILES string of the molecule is CCCC(N)C(=O)NCc1cnn(-c2ccccc2)c1. The van der Waals surface area contributed by atoms with E-state index < -0.39 is 6.04 Å². The van der Waals surface area contributed by atoms with Gasteiger partial charge in [-0.3, -0.25) is 4.79 Å². The zero-order valence-electron chi connectivity index (χ0n) is 11.6. The Balaban J connectivity index is 1.92. The molecule has 5 heteroatoms. The molecule has 1 atom stereocenters. The van der Waals surface area contributed by atoms with Crippen LogP contribution in [0.3, 0.4) is 0 Å². The van der Waals surface area contributed by atoms with Crippen LogP contribution in [-0.2, 0) is 11.3 Å². The van der Waals surface area contributed by atoms with Gasteiger partial charge in [-0.1, -0.05) is 31.5 Å². The number of nitrogens with two attached hydrogens (primary N) is 1. The van der Waals surface area contributed by atoms with Gasteiger partial charge in [-0.2, -0.15) is 5.10 Å². The number of carbonyl (C=O) groups excluding carboxylic acids is 1. The first kappa shape index (κ1) is 14.3. The van der Waals surface area contributed by atoms with E-state index in [2.05, 4.69) is 10.4 Å². The van der Waals surface area contributed by atoms with Gasteiger partial charge in [-0.25, -0.2) is 4.68 Å². The van der Waals surface area contributed by atoms with E-state index in [4.69, 9.17) is 5.73 Å². The molecule has 2 rings (SSSR count). The predicted octanol–water partition coefficient (Wildman–Crippen LogP) is 1.62.